The van der Waals surface area contributed by atoms with Crippen molar-refractivity contribution in [1.82, 2.24) is 20.2 Å². The third kappa shape index (κ3) is 3.71. The Bertz CT molecular complexity index is 883. The summed E-state index contributed by atoms with van der Waals surface area (Å²) >= 11 is 0. The summed E-state index contributed by atoms with van der Waals surface area (Å²) in [4.78, 5) is 0. The monoisotopic (exact) mass is 336 g/mol. The van der Waals surface area contributed by atoms with Gasteiger partial charge in [-0.1, -0.05) is 43.7 Å². The minimum Gasteiger partial charge on any atom is -0.485 e. The van der Waals surface area contributed by atoms with E-state index in [1.165, 1.54) is 16.7 Å². The van der Waals surface area contributed by atoms with Crippen LogP contribution in [0.5, 0.6) is 5.75 Å². The summed E-state index contributed by atoms with van der Waals surface area (Å²) in [5.74, 6) is 1.97. The second-order valence-corrected chi connectivity index (χ2v) is 6.78. The minimum atomic E-state index is 0.323. The number of hydrogen-bond acceptors (Lipinski definition) is 4. The molecule has 0 radical (unpaired) electrons. The summed E-state index contributed by atoms with van der Waals surface area (Å²) in [6.07, 6.45) is 0. The van der Waals surface area contributed by atoms with E-state index < -0.39 is 0 Å². The first kappa shape index (κ1) is 17.1. The van der Waals surface area contributed by atoms with Crippen molar-refractivity contribution < 1.29 is 4.74 Å². The van der Waals surface area contributed by atoms with Gasteiger partial charge in [0.05, 0.1) is 5.69 Å². The highest BCUT2D eigenvalue weighted by atomic mass is 16.5. The average Bonchev–Trinajstić information content (AvgIpc) is 3.01. The highest BCUT2D eigenvalue weighted by Gasteiger charge is 2.13. The summed E-state index contributed by atoms with van der Waals surface area (Å²) in [7, 11) is 0. The fraction of sp³-hybridized carbons (Fsp3) is 0.350. The second-order valence-electron chi connectivity index (χ2n) is 6.78. The van der Waals surface area contributed by atoms with Gasteiger partial charge >= 0.3 is 0 Å². The van der Waals surface area contributed by atoms with E-state index in [0.29, 0.717) is 18.3 Å². The molecule has 3 rings (SSSR count). The molecule has 0 atom stereocenters. The molecule has 0 bridgehead atoms. The van der Waals surface area contributed by atoms with Crippen molar-refractivity contribution >= 4 is 0 Å². The molecule has 0 N–H and O–H groups in total. The molecular weight excluding hydrogens is 312 g/mol. The van der Waals surface area contributed by atoms with Crippen LogP contribution in [-0.2, 0) is 6.61 Å². The van der Waals surface area contributed by atoms with E-state index in [4.69, 9.17) is 4.74 Å². The fourth-order valence-electron chi connectivity index (χ4n) is 2.91. The summed E-state index contributed by atoms with van der Waals surface area (Å²) in [5.41, 5.74) is 5.69. The van der Waals surface area contributed by atoms with Crippen LogP contribution in [0.1, 0.15) is 47.8 Å². The minimum absolute atomic E-state index is 0.323. The van der Waals surface area contributed by atoms with E-state index in [1.54, 1.807) is 4.68 Å². The molecule has 0 fully saturated rings. The summed E-state index contributed by atoms with van der Waals surface area (Å²) in [5, 5.41) is 12.1. The van der Waals surface area contributed by atoms with Crippen molar-refractivity contribution in [1.29, 1.82) is 0 Å². The van der Waals surface area contributed by atoms with Gasteiger partial charge in [-0.3, -0.25) is 0 Å². The van der Waals surface area contributed by atoms with E-state index in [2.05, 4.69) is 80.5 Å². The standard InChI is InChI=1S/C20H24N4O/c1-13(2)17-8-6-15(4)11-19(17)25-12-20-21-22-23-24(20)18-9-7-14(3)10-16(18)5/h6-11,13H,12H2,1-5H3. The van der Waals surface area contributed by atoms with Gasteiger partial charge in [-0.2, -0.15) is 4.68 Å². The molecule has 0 aliphatic rings. The molecule has 3 aromatic rings. The number of hydrogen-bond donors (Lipinski definition) is 0. The van der Waals surface area contributed by atoms with Gasteiger partial charge in [-0.25, -0.2) is 0 Å². The summed E-state index contributed by atoms with van der Waals surface area (Å²) in [6, 6.07) is 12.5. The van der Waals surface area contributed by atoms with Crippen molar-refractivity contribution in [2.24, 2.45) is 0 Å². The predicted molar refractivity (Wildman–Crippen MR) is 98.2 cm³/mol. The van der Waals surface area contributed by atoms with Crippen molar-refractivity contribution in [3.63, 3.8) is 0 Å². The van der Waals surface area contributed by atoms with E-state index in [0.717, 1.165) is 17.0 Å². The van der Waals surface area contributed by atoms with Gasteiger partial charge in [-0.15, -0.1) is 5.10 Å². The first-order valence-electron chi connectivity index (χ1n) is 8.54. The van der Waals surface area contributed by atoms with E-state index >= 15 is 0 Å². The molecular formula is C20H24N4O. The molecule has 5 nitrogen and oxygen atoms in total. The molecule has 0 saturated carbocycles. The Morgan fingerprint density at radius 3 is 2.44 bits per heavy atom. The number of benzene rings is 2. The van der Waals surface area contributed by atoms with Crippen LogP contribution in [0, 0.1) is 20.8 Å². The maximum Gasteiger partial charge on any atom is 0.194 e. The van der Waals surface area contributed by atoms with Crippen LogP contribution in [0.3, 0.4) is 0 Å². The highest BCUT2D eigenvalue weighted by Crippen LogP contribution is 2.28. The van der Waals surface area contributed by atoms with Crippen LogP contribution in [0.2, 0.25) is 0 Å². The lowest BCUT2D eigenvalue weighted by molar-refractivity contribution is 0.288. The normalized spacial score (nSPS) is 11.1. The molecule has 1 aromatic heterocycles. The number of aromatic nitrogens is 4. The van der Waals surface area contributed by atoms with Crippen LogP contribution < -0.4 is 4.74 Å². The molecule has 130 valence electrons. The van der Waals surface area contributed by atoms with Crippen molar-refractivity contribution in [3.8, 4) is 11.4 Å². The van der Waals surface area contributed by atoms with Gasteiger partial charge in [0.15, 0.2) is 5.82 Å². The predicted octanol–water partition coefficient (Wildman–Crippen LogP) is 4.29. The van der Waals surface area contributed by atoms with Gasteiger partial charge in [0.2, 0.25) is 0 Å². The van der Waals surface area contributed by atoms with Gasteiger partial charge in [0.25, 0.3) is 0 Å². The highest BCUT2D eigenvalue weighted by molar-refractivity contribution is 5.42. The van der Waals surface area contributed by atoms with Crippen LogP contribution in [0.15, 0.2) is 36.4 Å². The third-order valence-electron chi connectivity index (χ3n) is 4.26. The first-order chi connectivity index (χ1) is 12.0. The Morgan fingerprint density at radius 2 is 1.72 bits per heavy atom. The van der Waals surface area contributed by atoms with Crippen molar-refractivity contribution in [3.05, 3.63) is 64.5 Å². The molecule has 0 amide bonds. The zero-order valence-electron chi connectivity index (χ0n) is 15.4. The molecule has 0 aliphatic carbocycles. The van der Waals surface area contributed by atoms with Gasteiger partial charge in [0, 0.05) is 0 Å². The molecule has 2 aromatic carbocycles. The number of aryl methyl sites for hydroxylation is 3. The Kier molecular flexibility index (Phi) is 4.83. The first-order valence-corrected chi connectivity index (χ1v) is 8.54. The SMILES string of the molecule is Cc1ccc(-n2nnnc2COc2cc(C)ccc2C(C)C)c(C)c1. The Labute approximate surface area is 148 Å². The molecule has 1 heterocycles. The summed E-state index contributed by atoms with van der Waals surface area (Å²) in [6.45, 7) is 10.9. The third-order valence-corrected chi connectivity index (χ3v) is 4.26. The molecule has 0 saturated heterocycles. The molecule has 5 heteroatoms. The Morgan fingerprint density at radius 1 is 1.00 bits per heavy atom. The lowest BCUT2D eigenvalue weighted by atomic mass is 10.0. The zero-order valence-corrected chi connectivity index (χ0v) is 15.4. The van der Waals surface area contributed by atoms with Gasteiger partial charge in [-0.05, 0) is 65.9 Å². The molecule has 0 spiro atoms. The van der Waals surface area contributed by atoms with Crippen molar-refractivity contribution in [2.75, 3.05) is 0 Å². The number of ether oxygens (including phenoxy) is 1. The largest absolute Gasteiger partial charge is 0.485 e. The van der Waals surface area contributed by atoms with E-state index in [9.17, 15) is 0 Å². The fourth-order valence-corrected chi connectivity index (χ4v) is 2.91. The maximum atomic E-state index is 6.09. The van der Waals surface area contributed by atoms with Crippen LogP contribution in [-0.4, -0.2) is 20.2 Å². The van der Waals surface area contributed by atoms with Crippen LogP contribution in [0.4, 0.5) is 0 Å². The maximum absolute atomic E-state index is 6.09. The number of tetrazole rings is 1. The second kappa shape index (κ2) is 7.05. The van der Waals surface area contributed by atoms with E-state index in [1.807, 2.05) is 6.07 Å². The zero-order chi connectivity index (χ0) is 18.0. The van der Waals surface area contributed by atoms with E-state index in [-0.39, 0.29) is 0 Å². The molecule has 0 unspecified atom stereocenters. The average molecular weight is 336 g/mol. The lowest BCUT2D eigenvalue weighted by Gasteiger charge is -2.15. The van der Waals surface area contributed by atoms with Gasteiger partial charge < -0.3 is 4.74 Å². The van der Waals surface area contributed by atoms with Gasteiger partial charge in [0.1, 0.15) is 12.4 Å². The molecule has 0 aliphatic heterocycles. The van der Waals surface area contributed by atoms with Crippen LogP contribution in [0.25, 0.3) is 5.69 Å². The van der Waals surface area contributed by atoms with Crippen LogP contribution >= 0.6 is 0 Å². The van der Waals surface area contributed by atoms with Crippen molar-refractivity contribution in [2.45, 2.75) is 47.1 Å². The summed E-state index contributed by atoms with van der Waals surface area (Å²) < 4.78 is 7.84. The smallest absolute Gasteiger partial charge is 0.194 e. The topological polar surface area (TPSA) is 52.8 Å². The number of rotatable bonds is 5. The quantitative estimate of drug-likeness (QED) is 0.697. The number of nitrogens with zero attached hydrogens (tertiary/aromatic N) is 4. The Balaban J connectivity index is 1.87. The Hall–Kier alpha value is -2.69. The molecule has 25 heavy (non-hydrogen) atoms. The lowest BCUT2D eigenvalue weighted by Crippen LogP contribution is -2.09.